The van der Waals surface area contributed by atoms with E-state index in [9.17, 15) is 4.79 Å². The minimum absolute atomic E-state index is 0.00549. The second-order valence-corrected chi connectivity index (χ2v) is 6.24. The third-order valence-corrected chi connectivity index (χ3v) is 4.52. The average molecular weight is 314 g/mol. The van der Waals surface area contributed by atoms with Crippen molar-refractivity contribution in [2.45, 2.75) is 12.2 Å². The molecular weight excluding hydrogens is 305 g/mol. The number of amidine groups is 1. The normalized spacial score (nSPS) is 21.7. The molecule has 0 spiro atoms. The summed E-state index contributed by atoms with van der Waals surface area (Å²) < 4.78 is 0. The zero-order chi connectivity index (χ0) is 13.6. The van der Waals surface area contributed by atoms with Crippen LogP contribution in [0.2, 0.25) is 10.0 Å². The Morgan fingerprint density at radius 3 is 2.74 bits per heavy atom. The molecule has 0 saturated carbocycles. The van der Waals surface area contributed by atoms with Gasteiger partial charge in [0, 0.05) is 11.8 Å². The molecule has 4 nitrogen and oxygen atoms in total. The van der Waals surface area contributed by atoms with Crippen LogP contribution in [-0.2, 0) is 4.79 Å². The van der Waals surface area contributed by atoms with E-state index in [1.54, 1.807) is 24.4 Å². The number of carbonyl (C=O) groups excluding carboxylic acids is 1. The number of nitrogens with one attached hydrogen (secondary N) is 1. The van der Waals surface area contributed by atoms with Gasteiger partial charge in [0.1, 0.15) is 0 Å². The van der Waals surface area contributed by atoms with Gasteiger partial charge in [0.2, 0.25) is 5.91 Å². The molecule has 1 aromatic carbocycles. The molecule has 0 unspecified atom stereocenters. The van der Waals surface area contributed by atoms with Gasteiger partial charge in [0.05, 0.1) is 21.0 Å². The van der Waals surface area contributed by atoms with Crippen LogP contribution in [0.3, 0.4) is 0 Å². The van der Waals surface area contributed by atoms with Crippen LogP contribution in [0.15, 0.2) is 29.5 Å². The van der Waals surface area contributed by atoms with Gasteiger partial charge in [-0.25, -0.2) is 0 Å². The van der Waals surface area contributed by atoms with Gasteiger partial charge in [-0.15, -0.1) is 5.10 Å². The van der Waals surface area contributed by atoms with Crippen LogP contribution in [0.4, 0.5) is 0 Å². The molecule has 2 aliphatic heterocycles. The highest BCUT2D eigenvalue weighted by Crippen LogP contribution is 2.34. The van der Waals surface area contributed by atoms with Crippen LogP contribution in [-0.4, -0.2) is 21.2 Å². The fourth-order valence-electron chi connectivity index (χ4n) is 1.90. The lowest BCUT2D eigenvalue weighted by Crippen LogP contribution is -2.31. The Bertz CT molecular complexity index is 609. The second kappa shape index (κ2) is 4.74. The molecule has 0 aromatic heterocycles. The van der Waals surface area contributed by atoms with Crippen LogP contribution in [0.25, 0.3) is 5.70 Å². The van der Waals surface area contributed by atoms with E-state index in [-0.39, 0.29) is 11.2 Å². The number of hydrazone groups is 1. The highest BCUT2D eigenvalue weighted by molar-refractivity contribution is 8.15. The van der Waals surface area contributed by atoms with Crippen molar-refractivity contribution in [3.05, 3.63) is 40.0 Å². The Kier molecular flexibility index (Phi) is 3.20. The molecule has 3 rings (SSSR count). The van der Waals surface area contributed by atoms with Gasteiger partial charge in [-0.3, -0.25) is 15.1 Å². The van der Waals surface area contributed by atoms with E-state index in [0.29, 0.717) is 26.5 Å². The molecule has 7 heteroatoms. The predicted octanol–water partition coefficient (Wildman–Crippen LogP) is 3.13. The largest absolute Gasteiger partial charge is 0.274 e. The zero-order valence-electron chi connectivity index (χ0n) is 9.85. The number of hydrogen-bond acceptors (Lipinski definition) is 4. The van der Waals surface area contributed by atoms with E-state index in [2.05, 4.69) is 10.5 Å². The summed E-state index contributed by atoms with van der Waals surface area (Å²) >= 11 is 13.7. The molecule has 1 saturated heterocycles. The van der Waals surface area contributed by atoms with Gasteiger partial charge in [-0.2, -0.15) is 0 Å². The van der Waals surface area contributed by atoms with E-state index < -0.39 is 0 Å². The fourth-order valence-corrected chi connectivity index (χ4v) is 3.38. The van der Waals surface area contributed by atoms with E-state index in [0.717, 1.165) is 0 Å². The van der Waals surface area contributed by atoms with Crippen molar-refractivity contribution in [1.82, 2.24) is 10.3 Å². The average Bonchev–Trinajstić information content (AvgIpc) is 2.65. The van der Waals surface area contributed by atoms with Crippen molar-refractivity contribution < 1.29 is 4.79 Å². The summed E-state index contributed by atoms with van der Waals surface area (Å²) in [6.07, 6.45) is 1.69. The van der Waals surface area contributed by atoms with Crippen molar-refractivity contribution >= 4 is 51.7 Å². The van der Waals surface area contributed by atoms with E-state index in [1.165, 1.54) is 16.7 Å². The molecule has 1 N–H and O–H groups in total. The first kappa shape index (κ1) is 12.8. The number of amides is 1. The minimum atomic E-state index is -0.127. The van der Waals surface area contributed by atoms with E-state index in [4.69, 9.17) is 23.2 Å². The van der Waals surface area contributed by atoms with Gasteiger partial charge in [-0.05, 0) is 19.1 Å². The molecule has 0 aliphatic carbocycles. The van der Waals surface area contributed by atoms with Crippen molar-refractivity contribution in [2.24, 2.45) is 5.10 Å². The van der Waals surface area contributed by atoms with E-state index >= 15 is 0 Å². The third-order valence-electron chi connectivity index (χ3n) is 2.84. The lowest BCUT2D eigenvalue weighted by Gasteiger charge is -2.20. The number of benzene rings is 1. The van der Waals surface area contributed by atoms with Crippen molar-refractivity contribution in [3.8, 4) is 0 Å². The molecule has 1 amide bonds. The summed E-state index contributed by atoms with van der Waals surface area (Å²) in [7, 11) is 0. The molecule has 0 radical (unpaired) electrons. The van der Waals surface area contributed by atoms with Crippen LogP contribution in [0.1, 0.15) is 12.5 Å². The van der Waals surface area contributed by atoms with Crippen molar-refractivity contribution in [3.63, 3.8) is 0 Å². The monoisotopic (exact) mass is 313 g/mol. The number of carbonyl (C=O) groups is 1. The maximum absolute atomic E-state index is 12.0. The van der Waals surface area contributed by atoms with Gasteiger partial charge in [0.15, 0.2) is 5.17 Å². The van der Waals surface area contributed by atoms with Crippen LogP contribution in [0, 0.1) is 0 Å². The van der Waals surface area contributed by atoms with Crippen LogP contribution >= 0.6 is 35.0 Å². The maximum Gasteiger partial charge on any atom is 0.246 e. The summed E-state index contributed by atoms with van der Waals surface area (Å²) in [6, 6.07) is 5.26. The molecule has 2 aliphatic rings. The van der Waals surface area contributed by atoms with Gasteiger partial charge < -0.3 is 0 Å². The molecule has 2 heterocycles. The van der Waals surface area contributed by atoms with Gasteiger partial charge in [-0.1, -0.05) is 41.0 Å². The summed E-state index contributed by atoms with van der Waals surface area (Å²) in [5.41, 5.74) is 4.15. The van der Waals surface area contributed by atoms with Gasteiger partial charge >= 0.3 is 0 Å². The Morgan fingerprint density at radius 1 is 1.37 bits per heavy atom. The molecule has 1 aromatic rings. The summed E-state index contributed by atoms with van der Waals surface area (Å²) in [5.74, 6) is 0.00549. The Balaban J connectivity index is 2.03. The van der Waals surface area contributed by atoms with Crippen molar-refractivity contribution in [2.75, 3.05) is 0 Å². The molecule has 1 atom stereocenters. The van der Waals surface area contributed by atoms with Crippen LogP contribution < -0.4 is 5.43 Å². The number of hydrogen-bond donors (Lipinski definition) is 1. The Labute approximate surface area is 124 Å². The summed E-state index contributed by atoms with van der Waals surface area (Å²) in [5, 5.41) is 5.72. The van der Waals surface area contributed by atoms with Gasteiger partial charge in [0.25, 0.3) is 0 Å². The molecule has 98 valence electrons. The lowest BCUT2D eigenvalue weighted by atomic mass is 10.1. The SMILES string of the molecule is C[C@H]1SC2=NNC(c3c(Cl)cccc3Cl)=CN2C1=O. The smallest absolute Gasteiger partial charge is 0.246 e. The first-order valence-electron chi connectivity index (χ1n) is 5.57. The number of nitrogens with zero attached hydrogens (tertiary/aromatic N) is 2. The standard InChI is InChI=1S/C12H9Cl2N3OS/c1-6-11(18)17-5-9(15-16-12(17)19-6)10-7(13)3-2-4-8(10)14/h2-6,15H,1H3/t6-/m1/s1. The summed E-state index contributed by atoms with van der Waals surface area (Å²) in [6.45, 7) is 1.85. The number of halogens is 2. The summed E-state index contributed by atoms with van der Waals surface area (Å²) in [4.78, 5) is 13.5. The number of rotatable bonds is 1. The maximum atomic E-state index is 12.0. The molecule has 19 heavy (non-hydrogen) atoms. The molecular formula is C12H9Cl2N3OS. The number of thioether (sulfide) groups is 1. The van der Waals surface area contributed by atoms with E-state index in [1.807, 2.05) is 6.92 Å². The minimum Gasteiger partial charge on any atom is -0.274 e. The topological polar surface area (TPSA) is 44.7 Å². The molecule has 1 fully saturated rings. The highest BCUT2D eigenvalue weighted by Gasteiger charge is 2.36. The first-order chi connectivity index (χ1) is 9.08. The number of fused-ring (bicyclic) bond motifs is 1. The molecule has 0 bridgehead atoms. The Morgan fingerprint density at radius 2 is 2.05 bits per heavy atom. The quantitative estimate of drug-likeness (QED) is 0.866. The third kappa shape index (κ3) is 2.12. The first-order valence-corrected chi connectivity index (χ1v) is 7.21. The predicted molar refractivity (Wildman–Crippen MR) is 78.9 cm³/mol. The Hall–Kier alpha value is -1.17. The van der Waals surface area contributed by atoms with Crippen LogP contribution in [0.5, 0.6) is 0 Å². The van der Waals surface area contributed by atoms with Crippen molar-refractivity contribution in [1.29, 1.82) is 0 Å². The second-order valence-electron chi connectivity index (χ2n) is 4.11. The highest BCUT2D eigenvalue weighted by atomic mass is 35.5. The fraction of sp³-hybridized carbons (Fsp3) is 0.167. The zero-order valence-corrected chi connectivity index (χ0v) is 12.2. The lowest BCUT2D eigenvalue weighted by molar-refractivity contribution is -0.124.